The molecule has 3 heterocycles. The summed E-state index contributed by atoms with van der Waals surface area (Å²) in [5.41, 5.74) is -0.995. The van der Waals surface area contributed by atoms with Gasteiger partial charge in [-0.15, -0.1) is 0 Å². The number of aromatic nitrogens is 2. The van der Waals surface area contributed by atoms with Gasteiger partial charge in [-0.05, 0) is 6.07 Å². The fourth-order valence-corrected chi connectivity index (χ4v) is 2.72. The van der Waals surface area contributed by atoms with Crippen molar-refractivity contribution in [2.45, 2.75) is 31.3 Å². The number of carbonyl (C=O) groups is 1. The summed E-state index contributed by atoms with van der Waals surface area (Å²) in [7, 11) is 0. The van der Waals surface area contributed by atoms with E-state index in [1.54, 1.807) is 4.90 Å². The van der Waals surface area contributed by atoms with Crippen LogP contribution in [-0.2, 0) is 27.0 Å². The van der Waals surface area contributed by atoms with E-state index in [9.17, 15) is 18.0 Å². The van der Waals surface area contributed by atoms with Crippen LogP contribution in [0.5, 0.6) is 0 Å². The minimum absolute atomic E-state index is 0.204. The van der Waals surface area contributed by atoms with Gasteiger partial charge in [-0.1, -0.05) is 0 Å². The van der Waals surface area contributed by atoms with Crippen molar-refractivity contribution in [3.05, 3.63) is 18.0 Å². The number of carbonyl (C=O) groups excluding carboxylic acids is 1. The molecule has 22 heavy (non-hydrogen) atoms. The minimum Gasteiger partial charge on any atom is -0.347 e. The first-order chi connectivity index (χ1) is 10.4. The molecule has 0 aliphatic carbocycles. The Kier molecular flexibility index (Phi) is 3.85. The molecule has 0 bridgehead atoms. The number of alkyl halides is 3. The lowest BCUT2D eigenvalue weighted by molar-refractivity contribution is -0.187. The van der Waals surface area contributed by atoms with E-state index in [2.05, 4.69) is 5.10 Å². The lowest BCUT2D eigenvalue weighted by Gasteiger charge is -2.37. The summed E-state index contributed by atoms with van der Waals surface area (Å²) in [5, 5.41) is 3.38. The van der Waals surface area contributed by atoms with Crippen LogP contribution in [0.15, 0.2) is 12.3 Å². The quantitative estimate of drug-likeness (QED) is 0.824. The molecule has 3 rings (SSSR count). The van der Waals surface area contributed by atoms with E-state index in [-0.39, 0.29) is 12.5 Å². The molecule has 122 valence electrons. The monoisotopic (exact) mass is 319 g/mol. The topological polar surface area (TPSA) is 56.6 Å². The summed E-state index contributed by atoms with van der Waals surface area (Å²) >= 11 is 0. The van der Waals surface area contributed by atoms with E-state index in [0.717, 1.165) is 16.9 Å². The van der Waals surface area contributed by atoms with Crippen molar-refractivity contribution in [3.63, 3.8) is 0 Å². The molecule has 1 amide bonds. The molecular formula is C13H16F3N3O3. The number of hydrogen-bond acceptors (Lipinski definition) is 4. The van der Waals surface area contributed by atoms with Crippen molar-refractivity contribution in [3.8, 4) is 0 Å². The predicted molar refractivity (Wildman–Crippen MR) is 67.7 cm³/mol. The second-order valence-electron chi connectivity index (χ2n) is 5.38. The Balaban J connectivity index is 1.55. The normalized spacial score (nSPS) is 21.5. The van der Waals surface area contributed by atoms with Crippen molar-refractivity contribution >= 4 is 5.91 Å². The van der Waals surface area contributed by atoms with Crippen LogP contribution in [0.3, 0.4) is 0 Å². The number of hydrogen-bond donors (Lipinski definition) is 0. The maximum Gasteiger partial charge on any atom is 0.435 e. The molecule has 0 unspecified atom stereocenters. The average Bonchev–Trinajstić information content (AvgIpc) is 3.09. The summed E-state index contributed by atoms with van der Waals surface area (Å²) in [6.07, 6.45) is -2.18. The van der Waals surface area contributed by atoms with Gasteiger partial charge in [0.25, 0.3) is 0 Å². The summed E-state index contributed by atoms with van der Waals surface area (Å²) in [5.74, 6) is -0.837. The average molecular weight is 319 g/mol. The second kappa shape index (κ2) is 5.54. The molecule has 0 saturated carbocycles. The number of amides is 1. The summed E-state index contributed by atoms with van der Waals surface area (Å²) < 4.78 is 49.5. The maximum atomic E-state index is 12.5. The summed E-state index contributed by atoms with van der Waals surface area (Å²) in [6.45, 7) is 1.84. The van der Waals surface area contributed by atoms with Gasteiger partial charge >= 0.3 is 6.18 Å². The van der Waals surface area contributed by atoms with Gasteiger partial charge in [0.2, 0.25) is 5.91 Å². The van der Waals surface area contributed by atoms with Gasteiger partial charge in [0.05, 0.1) is 13.2 Å². The van der Waals surface area contributed by atoms with Crippen LogP contribution in [0.2, 0.25) is 0 Å². The molecule has 9 heteroatoms. The number of ether oxygens (including phenoxy) is 2. The van der Waals surface area contributed by atoms with E-state index in [0.29, 0.717) is 39.1 Å². The highest BCUT2D eigenvalue weighted by Gasteiger charge is 2.40. The molecule has 2 fully saturated rings. The first-order valence-electron chi connectivity index (χ1n) is 7.04. The largest absolute Gasteiger partial charge is 0.435 e. The molecule has 0 aromatic carbocycles. The third kappa shape index (κ3) is 3.09. The molecule has 1 spiro atoms. The zero-order valence-electron chi connectivity index (χ0n) is 11.8. The van der Waals surface area contributed by atoms with Crippen LogP contribution in [0.1, 0.15) is 18.5 Å². The Bertz CT molecular complexity index is 542. The molecular weight excluding hydrogens is 303 g/mol. The third-order valence-corrected chi connectivity index (χ3v) is 3.92. The Labute approximate surface area is 124 Å². The second-order valence-corrected chi connectivity index (χ2v) is 5.38. The molecule has 0 atom stereocenters. The highest BCUT2D eigenvalue weighted by Crippen LogP contribution is 2.31. The van der Waals surface area contributed by atoms with Crippen molar-refractivity contribution in [2.75, 3.05) is 26.3 Å². The van der Waals surface area contributed by atoms with Gasteiger partial charge in [-0.2, -0.15) is 18.3 Å². The fourth-order valence-electron chi connectivity index (χ4n) is 2.72. The van der Waals surface area contributed by atoms with Crippen LogP contribution in [0.4, 0.5) is 13.2 Å². The molecule has 1 aromatic rings. The van der Waals surface area contributed by atoms with Gasteiger partial charge in [0, 0.05) is 32.1 Å². The Morgan fingerprint density at radius 2 is 1.91 bits per heavy atom. The van der Waals surface area contributed by atoms with Crippen molar-refractivity contribution in [1.29, 1.82) is 0 Å². The SMILES string of the molecule is O=C(Cn1ccc(C(F)(F)F)n1)N1CCC2(CC1)OCCO2. The van der Waals surface area contributed by atoms with Gasteiger partial charge in [-0.25, -0.2) is 0 Å². The zero-order valence-corrected chi connectivity index (χ0v) is 11.8. The highest BCUT2D eigenvalue weighted by atomic mass is 19.4. The Morgan fingerprint density at radius 3 is 2.45 bits per heavy atom. The highest BCUT2D eigenvalue weighted by molar-refractivity contribution is 5.76. The molecule has 0 radical (unpaired) electrons. The van der Waals surface area contributed by atoms with Gasteiger partial charge in [0.15, 0.2) is 11.5 Å². The fraction of sp³-hybridized carbons (Fsp3) is 0.692. The number of halogens is 3. The first kappa shape index (κ1) is 15.3. The smallest absolute Gasteiger partial charge is 0.347 e. The summed E-state index contributed by atoms with van der Waals surface area (Å²) in [6, 6.07) is 0.860. The van der Waals surface area contributed by atoms with Crippen LogP contribution in [0, 0.1) is 0 Å². The van der Waals surface area contributed by atoms with E-state index in [1.807, 2.05) is 0 Å². The number of likely N-dealkylation sites (tertiary alicyclic amines) is 1. The molecule has 6 nitrogen and oxygen atoms in total. The van der Waals surface area contributed by atoms with Gasteiger partial charge < -0.3 is 14.4 Å². The van der Waals surface area contributed by atoms with Crippen molar-refractivity contribution in [2.24, 2.45) is 0 Å². The maximum absolute atomic E-state index is 12.5. The Hall–Kier alpha value is -1.61. The van der Waals surface area contributed by atoms with E-state index in [4.69, 9.17) is 9.47 Å². The standard InChI is InChI=1S/C13H16F3N3O3/c14-13(15,16)10-1-4-19(17-10)9-11(20)18-5-2-12(3-6-18)21-7-8-22-12/h1,4H,2-3,5-9H2. The Morgan fingerprint density at radius 1 is 1.27 bits per heavy atom. The van der Waals surface area contributed by atoms with Crippen LogP contribution in [-0.4, -0.2) is 52.7 Å². The zero-order chi connectivity index (χ0) is 15.8. The number of rotatable bonds is 2. The molecule has 0 N–H and O–H groups in total. The van der Waals surface area contributed by atoms with E-state index < -0.39 is 17.7 Å². The summed E-state index contributed by atoms with van der Waals surface area (Å²) in [4.78, 5) is 13.7. The van der Waals surface area contributed by atoms with Crippen LogP contribution < -0.4 is 0 Å². The predicted octanol–water partition coefficient (Wildman–Crippen LogP) is 1.27. The molecule has 2 saturated heterocycles. The number of nitrogens with zero attached hydrogens (tertiary/aromatic N) is 3. The molecule has 2 aliphatic heterocycles. The molecule has 2 aliphatic rings. The lowest BCUT2D eigenvalue weighted by Crippen LogP contribution is -2.48. The van der Waals surface area contributed by atoms with E-state index in [1.165, 1.54) is 0 Å². The van der Waals surface area contributed by atoms with Gasteiger partial charge in [-0.3, -0.25) is 9.48 Å². The van der Waals surface area contributed by atoms with Crippen LogP contribution >= 0.6 is 0 Å². The minimum atomic E-state index is -4.50. The first-order valence-corrected chi connectivity index (χ1v) is 7.04. The van der Waals surface area contributed by atoms with Crippen molar-refractivity contribution < 1.29 is 27.4 Å². The molecule has 1 aromatic heterocycles. The number of piperidine rings is 1. The van der Waals surface area contributed by atoms with Crippen molar-refractivity contribution in [1.82, 2.24) is 14.7 Å². The van der Waals surface area contributed by atoms with Gasteiger partial charge in [0.1, 0.15) is 6.54 Å². The van der Waals surface area contributed by atoms with Crippen LogP contribution in [0.25, 0.3) is 0 Å². The van der Waals surface area contributed by atoms with E-state index >= 15 is 0 Å². The third-order valence-electron chi connectivity index (χ3n) is 3.92. The lowest BCUT2D eigenvalue weighted by atomic mass is 10.0.